The predicted octanol–water partition coefficient (Wildman–Crippen LogP) is 4.74. The fraction of sp³-hybridized carbons (Fsp3) is 0.294. The summed E-state index contributed by atoms with van der Waals surface area (Å²) in [4.78, 5) is 10.5. The van der Waals surface area contributed by atoms with Gasteiger partial charge in [-0.1, -0.05) is 43.7 Å². The lowest BCUT2D eigenvalue weighted by molar-refractivity contribution is 0.758. The van der Waals surface area contributed by atoms with E-state index in [1.165, 1.54) is 11.1 Å². The van der Waals surface area contributed by atoms with E-state index in [0.717, 1.165) is 41.1 Å². The first-order valence-electron chi connectivity index (χ1n) is 7.34. The lowest BCUT2D eigenvalue weighted by atomic mass is 10.1. The van der Waals surface area contributed by atoms with Crippen molar-refractivity contribution in [2.75, 3.05) is 12.4 Å². The number of hydrogen-bond acceptors (Lipinski definition) is 4. The topological polar surface area (TPSA) is 37.8 Å². The minimum atomic E-state index is 0.936. The van der Waals surface area contributed by atoms with Crippen molar-refractivity contribution >= 4 is 27.4 Å². The molecule has 1 N–H and O–H groups in total. The van der Waals surface area contributed by atoms with Gasteiger partial charge in [-0.2, -0.15) is 0 Å². The maximum Gasteiger partial charge on any atom is 0.138 e. The highest BCUT2D eigenvalue weighted by molar-refractivity contribution is 7.17. The number of unbranched alkanes of at least 4 members (excludes halogenated alkanes) is 1. The van der Waals surface area contributed by atoms with Crippen molar-refractivity contribution in [2.24, 2.45) is 0 Å². The van der Waals surface area contributed by atoms with Gasteiger partial charge < -0.3 is 5.32 Å². The Kier molecular flexibility index (Phi) is 4.15. The van der Waals surface area contributed by atoms with Gasteiger partial charge in [0.1, 0.15) is 16.5 Å². The second kappa shape index (κ2) is 6.22. The third-order valence-electron chi connectivity index (χ3n) is 3.56. The molecule has 0 aliphatic carbocycles. The maximum absolute atomic E-state index is 4.73. The molecule has 2 aromatic heterocycles. The van der Waals surface area contributed by atoms with Crippen LogP contribution < -0.4 is 5.32 Å². The minimum Gasteiger partial charge on any atom is -0.372 e. The molecule has 0 amide bonds. The van der Waals surface area contributed by atoms with Crippen LogP contribution in [0.25, 0.3) is 21.3 Å². The molecule has 0 saturated carbocycles. The highest BCUT2D eigenvalue weighted by atomic mass is 32.1. The van der Waals surface area contributed by atoms with E-state index >= 15 is 0 Å². The number of thiophene rings is 1. The van der Waals surface area contributed by atoms with E-state index in [1.807, 2.05) is 13.1 Å². The molecule has 0 atom stereocenters. The molecule has 0 saturated heterocycles. The second-order valence-electron chi connectivity index (χ2n) is 5.04. The molecule has 0 aliphatic heterocycles. The van der Waals surface area contributed by atoms with E-state index in [2.05, 4.69) is 41.9 Å². The third kappa shape index (κ3) is 2.76. The van der Waals surface area contributed by atoms with Gasteiger partial charge in [0.15, 0.2) is 0 Å². The number of nitrogens with zero attached hydrogens (tertiary/aromatic N) is 2. The lowest BCUT2D eigenvalue weighted by Gasteiger charge is -2.07. The first kappa shape index (κ1) is 14.0. The Balaban J connectivity index is 2.13. The molecule has 0 aliphatic rings. The zero-order valence-corrected chi connectivity index (χ0v) is 13.2. The molecule has 3 nitrogen and oxygen atoms in total. The Morgan fingerprint density at radius 2 is 1.95 bits per heavy atom. The summed E-state index contributed by atoms with van der Waals surface area (Å²) in [5.41, 5.74) is 2.42. The maximum atomic E-state index is 4.73. The molecule has 3 aromatic rings. The fourth-order valence-electron chi connectivity index (χ4n) is 2.44. The molecule has 4 heteroatoms. The zero-order chi connectivity index (χ0) is 14.7. The van der Waals surface area contributed by atoms with Crippen molar-refractivity contribution in [1.29, 1.82) is 0 Å². The van der Waals surface area contributed by atoms with Crippen LogP contribution in [0.1, 0.15) is 25.6 Å². The van der Waals surface area contributed by atoms with Crippen molar-refractivity contribution in [3.63, 3.8) is 0 Å². The highest BCUT2D eigenvalue weighted by Crippen LogP contribution is 2.36. The quantitative estimate of drug-likeness (QED) is 0.739. The van der Waals surface area contributed by atoms with E-state index < -0.39 is 0 Å². The molecule has 0 radical (unpaired) electrons. The van der Waals surface area contributed by atoms with E-state index in [-0.39, 0.29) is 0 Å². The molecule has 0 unspecified atom stereocenters. The van der Waals surface area contributed by atoms with Gasteiger partial charge >= 0.3 is 0 Å². The monoisotopic (exact) mass is 297 g/mol. The number of benzene rings is 1. The average Bonchev–Trinajstić information content (AvgIpc) is 2.97. The van der Waals surface area contributed by atoms with Crippen molar-refractivity contribution in [3.05, 3.63) is 41.5 Å². The van der Waals surface area contributed by atoms with Crippen LogP contribution in [0.4, 0.5) is 5.82 Å². The normalized spacial score (nSPS) is 11.0. The second-order valence-corrected chi connectivity index (χ2v) is 5.90. The van der Waals surface area contributed by atoms with E-state index in [9.17, 15) is 0 Å². The van der Waals surface area contributed by atoms with Crippen molar-refractivity contribution in [1.82, 2.24) is 9.97 Å². The molecule has 0 bridgehead atoms. The summed E-state index contributed by atoms with van der Waals surface area (Å²) in [6.07, 6.45) is 3.24. The Hall–Kier alpha value is -1.94. The average molecular weight is 297 g/mol. The van der Waals surface area contributed by atoms with Crippen LogP contribution >= 0.6 is 11.3 Å². The van der Waals surface area contributed by atoms with Crippen LogP contribution in [0.2, 0.25) is 0 Å². The molecule has 1 aromatic carbocycles. The summed E-state index contributed by atoms with van der Waals surface area (Å²) in [6.45, 7) is 2.19. The number of nitrogens with one attached hydrogen (secondary N) is 1. The van der Waals surface area contributed by atoms with Gasteiger partial charge in [-0.3, -0.25) is 0 Å². The smallest absolute Gasteiger partial charge is 0.138 e. The minimum absolute atomic E-state index is 0.936. The summed E-state index contributed by atoms with van der Waals surface area (Å²) >= 11 is 1.69. The molecular formula is C17H19N3S. The number of fused-ring (bicyclic) bond motifs is 1. The number of hydrogen-bond donors (Lipinski definition) is 1. The Morgan fingerprint density at radius 3 is 2.67 bits per heavy atom. The molecule has 21 heavy (non-hydrogen) atoms. The van der Waals surface area contributed by atoms with Crippen LogP contribution in [0.3, 0.4) is 0 Å². The van der Waals surface area contributed by atoms with Crippen LogP contribution in [0, 0.1) is 0 Å². The highest BCUT2D eigenvalue weighted by Gasteiger charge is 2.14. The van der Waals surface area contributed by atoms with Gasteiger partial charge in [-0.15, -0.1) is 11.3 Å². The summed E-state index contributed by atoms with van der Waals surface area (Å²) in [6, 6.07) is 10.4. The third-order valence-corrected chi connectivity index (χ3v) is 4.43. The number of rotatable bonds is 5. The van der Waals surface area contributed by atoms with Crippen molar-refractivity contribution < 1.29 is 0 Å². The molecule has 0 spiro atoms. The number of aryl methyl sites for hydroxylation is 1. The van der Waals surface area contributed by atoms with Crippen molar-refractivity contribution in [2.45, 2.75) is 26.2 Å². The van der Waals surface area contributed by atoms with E-state index in [0.29, 0.717) is 0 Å². The first-order valence-corrected chi connectivity index (χ1v) is 8.22. The van der Waals surface area contributed by atoms with Crippen LogP contribution in [0.15, 0.2) is 35.7 Å². The van der Waals surface area contributed by atoms with Crippen LogP contribution in [0.5, 0.6) is 0 Å². The Morgan fingerprint density at radius 1 is 1.14 bits per heavy atom. The molecule has 108 valence electrons. The standard InChI is InChI=1S/C17H19N3S/c1-3-4-10-14-19-16(18-2)15-13(11-21-17(15)20-14)12-8-6-5-7-9-12/h5-9,11H,3-4,10H2,1-2H3,(H,18,19,20). The Labute approximate surface area is 129 Å². The lowest BCUT2D eigenvalue weighted by Crippen LogP contribution is -2.01. The SMILES string of the molecule is CCCCc1nc(NC)c2c(-c3ccccc3)csc2n1. The van der Waals surface area contributed by atoms with Gasteiger partial charge in [0.05, 0.1) is 5.39 Å². The molecular weight excluding hydrogens is 278 g/mol. The van der Waals surface area contributed by atoms with Gasteiger partial charge in [-0.05, 0) is 12.0 Å². The summed E-state index contributed by atoms with van der Waals surface area (Å²) < 4.78 is 0. The number of aromatic nitrogens is 2. The van der Waals surface area contributed by atoms with E-state index in [1.54, 1.807) is 11.3 Å². The van der Waals surface area contributed by atoms with Gasteiger partial charge in [0.2, 0.25) is 0 Å². The van der Waals surface area contributed by atoms with Gasteiger partial charge in [-0.25, -0.2) is 9.97 Å². The predicted molar refractivity (Wildman–Crippen MR) is 91.0 cm³/mol. The number of anilines is 1. The van der Waals surface area contributed by atoms with Gasteiger partial charge in [0, 0.05) is 24.4 Å². The molecule has 0 fully saturated rings. The first-order chi connectivity index (χ1) is 10.3. The fourth-order valence-corrected chi connectivity index (χ4v) is 3.41. The van der Waals surface area contributed by atoms with Crippen LogP contribution in [-0.4, -0.2) is 17.0 Å². The van der Waals surface area contributed by atoms with Crippen LogP contribution in [-0.2, 0) is 6.42 Å². The van der Waals surface area contributed by atoms with E-state index in [4.69, 9.17) is 9.97 Å². The summed E-state index contributed by atoms with van der Waals surface area (Å²) in [5.74, 6) is 1.88. The summed E-state index contributed by atoms with van der Waals surface area (Å²) in [5, 5.41) is 6.55. The van der Waals surface area contributed by atoms with Crippen molar-refractivity contribution in [3.8, 4) is 11.1 Å². The largest absolute Gasteiger partial charge is 0.372 e. The summed E-state index contributed by atoms with van der Waals surface area (Å²) in [7, 11) is 1.93. The molecule has 3 rings (SSSR count). The molecule has 2 heterocycles. The Bertz CT molecular complexity index is 734. The zero-order valence-electron chi connectivity index (χ0n) is 12.4. The van der Waals surface area contributed by atoms with Gasteiger partial charge in [0.25, 0.3) is 0 Å².